The van der Waals surface area contributed by atoms with Crippen molar-refractivity contribution in [2.24, 2.45) is 11.8 Å². The molecular formula is C27H31N3O3. The molecule has 2 unspecified atom stereocenters. The first-order chi connectivity index (χ1) is 16.0. The Balaban J connectivity index is 1.37. The molecule has 2 aromatic rings. The molecule has 172 valence electrons. The standard InChI is InChI=1S/C27H31N3O3/c1-19-12-14-21(15-13-19)27(33)30-16-6-9-22(18-30)26(32)29-24-11-5-4-10-23(24)28-25(31)17-20-7-2-3-8-20/h2,4-5,7,10-15,20,22H,3,6,8-9,16-18H2,1H3,(H,28,31)(H,29,32). The number of hydrogen-bond donors (Lipinski definition) is 2. The molecule has 3 amide bonds. The summed E-state index contributed by atoms with van der Waals surface area (Å²) in [6, 6.07) is 14.8. The third-order valence-electron chi connectivity index (χ3n) is 6.40. The number of carbonyl (C=O) groups is 3. The van der Waals surface area contributed by atoms with E-state index < -0.39 is 0 Å². The monoisotopic (exact) mass is 445 g/mol. The third kappa shape index (κ3) is 5.89. The number of benzene rings is 2. The molecule has 4 rings (SSSR count). The molecule has 1 fully saturated rings. The van der Waals surface area contributed by atoms with Gasteiger partial charge in [-0.25, -0.2) is 0 Å². The lowest BCUT2D eigenvalue weighted by atomic mass is 9.96. The maximum Gasteiger partial charge on any atom is 0.253 e. The van der Waals surface area contributed by atoms with Gasteiger partial charge in [-0.05, 0) is 62.8 Å². The van der Waals surface area contributed by atoms with Gasteiger partial charge in [0.15, 0.2) is 0 Å². The van der Waals surface area contributed by atoms with E-state index in [9.17, 15) is 14.4 Å². The first-order valence-corrected chi connectivity index (χ1v) is 11.7. The van der Waals surface area contributed by atoms with Crippen molar-refractivity contribution in [2.45, 2.75) is 39.0 Å². The number of nitrogens with one attached hydrogen (secondary N) is 2. The van der Waals surface area contributed by atoms with Crippen LogP contribution >= 0.6 is 0 Å². The molecule has 0 spiro atoms. The number of likely N-dealkylation sites (tertiary alicyclic amines) is 1. The fourth-order valence-electron chi connectivity index (χ4n) is 4.49. The molecule has 2 atom stereocenters. The minimum atomic E-state index is -0.291. The second kappa shape index (κ2) is 10.5. The number of aryl methyl sites for hydroxylation is 1. The molecule has 6 nitrogen and oxygen atoms in total. The van der Waals surface area contributed by atoms with E-state index in [1.165, 1.54) is 0 Å². The Morgan fingerprint density at radius 3 is 2.39 bits per heavy atom. The van der Waals surface area contributed by atoms with E-state index in [0.717, 1.165) is 31.2 Å². The smallest absolute Gasteiger partial charge is 0.253 e. The van der Waals surface area contributed by atoms with Crippen LogP contribution in [0.25, 0.3) is 0 Å². The molecular weight excluding hydrogens is 414 g/mol. The molecule has 1 heterocycles. The van der Waals surface area contributed by atoms with Gasteiger partial charge in [-0.1, -0.05) is 42.0 Å². The van der Waals surface area contributed by atoms with E-state index in [4.69, 9.17) is 0 Å². The fraction of sp³-hybridized carbons (Fsp3) is 0.370. The van der Waals surface area contributed by atoms with E-state index in [2.05, 4.69) is 22.8 Å². The second-order valence-electron chi connectivity index (χ2n) is 9.01. The molecule has 1 aliphatic heterocycles. The summed E-state index contributed by atoms with van der Waals surface area (Å²) in [6.07, 6.45) is 8.19. The van der Waals surface area contributed by atoms with Crippen molar-refractivity contribution in [1.82, 2.24) is 4.90 Å². The van der Waals surface area contributed by atoms with E-state index >= 15 is 0 Å². The van der Waals surface area contributed by atoms with Crippen LogP contribution in [0.2, 0.25) is 0 Å². The number of hydrogen-bond acceptors (Lipinski definition) is 3. The van der Waals surface area contributed by atoms with Gasteiger partial charge in [-0.3, -0.25) is 14.4 Å². The summed E-state index contributed by atoms with van der Waals surface area (Å²) in [4.78, 5) is 40.2. The zero-order valence-corrected chi connectivity index (χ0v) is 19.0. The molecule has 2 aliphatic rings. The maximum absolute atomic E-state index is 13.1. The lowest BCUT2D eigenvalue weighted by Gasteiger charge is -2.32. The number of anilines is 2. The largest absolute Gasteiger partial charge is 0.338 e. The highest BCUT2D eigenvalue weighted by Crippen LogP contribution is 2.26. The first kappa shape index (κ1) is 22.8. The minimum Gasteiger partial charge on any atom is -0.338 e. The minimum absolute atomic E-state index is 0.0406. The van der Waals surface area contributed by atoms with Gasteiger partial charge in [0.05, 0.1) is 17.3 Å². The number of allylic oxidation sites excluding steroid dienone is 2. The van der Waals surface area contributed by atoms with Gasteiger partial charge in [-0.2, -0.15) is 0 Å². The average Bonchev–Trinajstić information content (AvgIpc) is 3.33. The lowest BCUT2D eigenvalue weighted by molar-refractivity contribution is -0.121. The molecule has 1 aliphatic carbocycles. The average molecular weight is 446 g/mol. The van der Waals surface area contributed by atoms with Crippen molar-refractivity contribution >= 4 is 29.1 Å². The number of para-hydroxylation sites is 2. The van der Waals surface area contributed by atoms with Gasteiger partial charge >= 0.3 is 0 Å². The van der Waals surface area contributed by atoms with Gasteiger partial charge in [0.1, 0.15) is 0 Å². The van der Waals surface area contributed by atoms with Crippen molar-refractivity contribution in [3.8, 4) is 0 Å². The molecule has 33 heavy (non-hydrogen) atoms. The Labute approximate surface area is 195 Å². The molecule has 2 N–H and O–H groups in total. The number of rotatable bonds is 6. The van der Waals surface area contributed by atoms with Crippen molar-refractivity contribution < 1.29 is 14.4 Å². The number of amides is 3. The lowest BCUT2D eigenvalue weighted by Crippen LogP contribution is -2.43. The Bertz CT molecular complexity index is 1040. The van der Waals surface area contributed by atoms with Crippen LogP contribution in [0, 0.1) is 18.8 Å². The summed E-state index contributed by atoms with van der Waals surface area (Å²) in [5.41, 5.74) is 2.93. The first-order valence-electron chi connectivity index (χ1n) is 11.7. The topological polar surface area (TPSA) is 78.5 Å². The second-order valence-corrected chi connectivity index (χ2v) is 9.01. The quantitative estimate of drug-likeness (QED) is 0.628. The molecule has 0 bridgehead atoms. The molecule has 2 aromatic carbocycles. The van der Waals surface area contributed by atoms with Crippen LogP contribution in [0.4, 0.5) is 11.4 Å². The van der Waals surface area contributed by atoms with Crippen LogP contribution in [0.3, 0.4) is 0 Å². The summed E-state index contributed by atoms with van der Waals surface area (Å²) in [7, 11) is 0. The predicted molar refractivity (Wildman–Crippen MR) is 130 cm³/mol. The summed E-state index contributed by atoms with van der Waals surface area (Å²) >= 11 is 0. The van der Waals surface area contributed by atoms with Crippen molar-refractivity contribution in [3.63, 3.8) is 0 Å². The van der Waals surface area contributed by atoms with Crippen LogP contribution in [0.5, 0.6) is 0 Å². The number of carbonyl (C=O) groups excluding carboxylic acids is 3. The zero-order chi connectivity index (χ0) is 23.2. The normalized spacial score (nSPS) is 19.8. The Hall–Kier alpha value is -3.41. The van der Waals surface area contributed by atoms with Crippen LogP contribution in [0.15, 0.2) is 60.7 Å². The predicted octanol–water partition coefficient (Wildman–Crippen LogP) is 4.78. The van der Waals surface area contributed by atoms with Gasteiger partial charge in [-0.15, -0.1) is 0 Å². The molecule has 6 heteroatoms. The van der Waals surface area contributed by atoms with E-state index in [0.29, 0.717) is 36.4 Å². The maximum atomic E-state index is 13.1. The van der Waals surface area contributed by atoms with Crippen molar-refractivity contribution in [2.75, 3.05) is 23.7 Å². The summed E-state index contributed by atoms with van der Waals surface area (Å²) in [5.74, 6) is -0.231. The third-order valence-corrected chi connectivity index (χ3v) is 6.40. The van der Waals surface area contributed by atoms with Crippen molar-refractivity contribution in [3.05, 3.63) is 71.8 Å². The van der Waals surface area contributed by atoms with E-state index in [1.807, 2.05) is 43.3 Å². The molecule has 0 radical (unpaired) electrons. The molecule has 0 aromatic heterocycles. The highest BCUT2D eigenvalue weighted by molar-refractivity contribution is 6.01. The number of piperidine rings is 1. The summed E-state index contributed by atoms with van der Waals surface area (Å²) in [5, 5.41) is 5.93. The van der Waals surface area contributed by atoms with E-state index in [-0.39, 0.29) is 29.6 Å². The molecule has 0 saturated carbocycles. The Kier molecular flexibility index (Phi) is 7.23. The highest BCUT2D eigenvalue weighted by Gasteiger charge is 2.29. The van der Waals surface area contributed by atoms with Crippen LogP contribution in [0.1, 0.15) is 48.0 Å². The van der Waals surface area contributed by atoms with Gasteiger partial charge in [0.25, 0.3) is 5.91 Å². The van der Waals surface area contributed by atoms with Crippen LogP contribution in [-0.4, -0.2) is 35.7 Å². The summed E-state index contributed by atoms with van der Waals surface area (Å²) < 4.78 is 0. The van der Waals surface area contributed by atoms with Gasteiger partial charge in [0, 0.05) is 25.1 Å². The summed E-state index contributed by atoms with van der Waals surface area (Å²) in [6.45, 7) is 3.03. The Morgan fingerprint density at radius 2 is 1.70 bits per heavy atom. The van der Waals surface area contributed by atoms with Crippen molar-refractivity contribution in [1.29, 1.82) is 0 Å². The Morgan fingerprint density at radius 1 is 0.970 bits per heavy atom. The van der Waals surface area contributed by atoms with Crippen LogP contribution in [-0.2, 0) is 9.59 Å². The zero-order valence-electron chi connectivity index (χ0n) is 19.0. The molecule has 1 saturated heterocycles. The highest BCUT2D eigenvalue weighted by atomic mass is 16.2. The fourth-order valence-corrected chi connectivity index (χ4v) is 4.49. The van der Waals surface area contributed by atoms with Crippen LogP contribution < -0.4 is 10.6 Å². The van der Waals surface area contributed by atoms with Gasteiger partial charge < -0.3 is 15.5 Å². The van der Waals surface area contributed by atoms with Gasteiger partial charge in [0.2, 0.25) is 11.8 Å². The van der Waals surface area contributed by atoms with E-state index in [1.54, 1.807) is 17.0 Å². The SMILES string of the molecule is Cc1ccc(C(=O)N2CCCC(C(=O)Nc3ccccc3NC(=O)CC3C=CCC3)C2)cc1. The number of nitrogens with zero attached hydrogens (tertiary/aromatic N) is 1.